The van der Waals surface area contributed by atoms with Gasteiger partial charge in [0.15, 0.2) is 0 Å². The van der Waals surface area contributed by atoms with Crippen LogP contribution < -0.4 is 0 Å². The van der Waals surface area contributed by atoms with Crippen LogP contribution in [0.2, 0.25) is 0 Å². The Morgan fingerprint density at radius 1 is 0.706 bits per heavy atom. The average molecular weight is 235 g/mol. The van der Waals surface area contributed by atoms with E-state index in [0.29, 0.717) is 0 Å². The predicted octanol–water partition coefficient (Wildman–Crippen LogP) is 6.24. The summed E-state index contributed by atoms with van der Waals surface area (Å²) >= 11 is 0. The molecule has 0 aliphatic rings. The van der Waals surface area contributed by atoms with Crippen molar-refractivity contribution in [2.75, 3.05) is 0 Å². The maximum atomic E-state index is 3.80. The first-order chi connectivity index (χ1) is 8.41. The van der Waals surface area contributed by atoms with Gasteiger partial charge >= 0.3 is 0 Å². The van der Waals surface area contributed by atoms with E-state index in [1.54, 1.807) is 0 Å². The molecule has 0 aromatic carbocycles. The predicted molar refractivity (Wildman–Crippen MR) is 80.1 cm³/mol. The van der Waals surface area contributed by atoms with Crippen LogP contribution in [0.3, 0.4) is 0 Å². The van der Waals surface area contributed by atoms with Gasteiger partial charge in [-0.15, -0.1) is 0 Å². The zero-order valence-electron chi connectivity index (χ0n) is 11.8. The van der Waals surface area contributed by atoms with Crippen molar-refractivity contribution in [1.29, 1.82) is 0 Å². The molecule has 0 aliphatic carbocycles. The summed E-state index contributed by atoms with van der Waals surface area (Å²) in [7, 11) is 0. The van der Waals surface area contributed by atoms with Crippen LogP contribution in [0.25, 0.3) is 0 Å². The lowest BCUT2D eigenvalue weighted by Crippen LogP contribution is -1.79. The van der Waals surface area contributed by atoms with Crippen LogP contribution in [-0.4, -0.2) is 0 Å². The van der Waals surface area contributed by atoms with E-state index in [1.807, 2.05) is 0 Å². The largest absolute Gasteiger partial charge is 0.0845 e. The normalized spacial score (nSPS) is 11.9. The van der Waals surface area contributed by atoms with Crippen LogP contribution in [0.1, 0.15) is 77.6 Å². The maximum Gasteiger partial charge on any atom is -0.0348 e. The molecule has 0 atom stereocenters. The van der Waals surface area contributed by atoms with Crippen LogP contribution >= 0.6 is 0 Å². The molecule has 0 fully saturated rings. The van der Waals surface area contributed by atoms with Crippen LogP contribution in [0.15, 0.2) is 24.3 Å². The Morgan fingerprint density at radius 3 is 1.82 bits per heavy atom. The van der Waals surface area contributed by atoms with Gasteiger partial charge in [0, 0.05) is 0 Å². The van der Waals surface area contributed by atoms with Crippen LogP contribution in [0.5, 0.6) is 0 Å². The number of rotatable bonds is 12. The van der Waals surface area contributed by atoms with Crippen LogP contribution in [0, 0.1) is 6.92 Å². The first-order valence-corrected chi connectivity index (χ1v) is 7.52. The quantitative estimate of drug-likeness (QED) is 0.277. The van der Waals surface area contributed by atoms with Crippen molar-refractivity contribution in [3.05, 3.63) is 31.2 Å². The van der Waals surface area contributed by atoms with Gasteiger partial charge in [0.25, 0.3) is 0 Å². The van der Waals surface area contributed by atoms with Gasteiger partial charge in [-0.2, -0.15) is 0 Å². The minimum absolute atomic E-state index is 1.00. The van der Waals surface area contributed by atoms with Gasteiger partial charge in [-0.3, -0.25) is 0 Å². The summed E-state index contributed by atoms with van der Waals surface area (Å²) < 4.78 is 0. The van der Waals surface area contributed by atoms with Crippen LogP contribution in [0.4, 0.5) is 0 Å². The topological polar surface area (TPSA) is 0 Å². The van der Waals surface area contributed by atoms with E-state index in [0.717, 1.165) is 12.8 Å². The van der Waals surface area contributed by atoms with Gasteiger partial charge in [-0.05, 0) is 25.7 Å². The summed E-state index contributed by atoms with van der Waals surface area (Å²) in [4.78, 5) is 0. The molecule has 0 N–H and O–H groups in total. The van der Waals surface area contributed by atoms with Crippen molar-refractivity contribution in [2.24, 2.45) is 0 Å². The lowest BCUT2D eigenvalue weighted by molar-refractivity contribution is 0.577. The molecule has 0 saturated carbocycles. The fourth-order valence-corrected chi connectivity index (χ4v) is 1.86. The number of unbranched alkanes of at least 4 members (excludes halogenated alkanes) is 9. The molecule has 0 spiro atoms. The molecule has 0 rings (SSSR count). The average Bonchev–Trinajstić information content (AvgIpc) is 2.35. The Balaban J connectivity index is 3.07. The van der Waals surface area contributed by atoms with Gasteiger partial charge in [-0.1, -0.05) is 83.1 Å². The number of hydrogen-bond acceptors (Lipinski definition) is 0. The zero-order chi connectivity index (χ0) is 12.6. The van der Waals surface area contributed by atoms with E-state index in [2.05, 4.69) is 38.2 Å². The molecule has 1 radical (unpaired) electrons. The lowest BCUT2D eigenvalue weighted by atomic mass is 10.1. The van der Waals surface area contributed by atoms with E-state index in [9.17, 15) is 0 Å². The first-order valence-electron chi connectivity index (χ1n) is 7.52. The Labute approximate surface area is 109 Å². The van der Waals surface area contributed by atoms with Crippen molar-refractivity contribution in [1.82, 2.24) is 0 Å². The SMILES string of the molecule is [CH2]CCC=CC=CCCCCCCCCCC. The molecule has 0 unspecified atom stereocenters. The minimum Gasteiger partial charge on any atom is -0.0845 e. The molecule has 0 aliphatic heterocycles. The molecular weight excluding hydrogens is 204 g/mol. The van der Waals surface area contributed by atoms with Crippen molar-refractivity contribution >= 4 is 0 Å². The second-order valence-corrected chi connectivity index (χ2v) is 4.76. The second kappa shape index (κ2) is 15.5. The molecule has 0 heteroatoms. The Hall–Kier alpha value is -0.520. The minimum atomic E-state index is 1.00. The highest BCUT2D eigenvalue weighted by atomic mass is 14.0. The number of hydrogen-bond donors (Lipinski definition) is 0. The van der Waals surface area contributed by atoms with Crippen LogP contribution in [-0.2, 0) is 0 Å². The molecule has 17 heavy (non-hydrogen) atoms. The van der Waals surface area contributed by atoms with Gasteiger partial charge in [0.05, 0.1) is 0 Å². The van der Waals surface area contributed by atoms with E-state index < -0.39 is 0 Å². The second-order valence-electron chi connectivity index (χ2n) is 4.76. The maximum absolute atomic E-state index is 3.80. The van der Waals surface area contributed by atoms with E-state index >= 15 is 0 Å². The lowest BCUT2D eigenvalue weighted by Gasteiger charge is -1.99. The standard InChI is InChI=1S/C17H31/c1-3-5-7-9-11-13-15-17-16-14-12-10-8-6-4-2/h7,9,11,13H,1,3-6,8,10,12,14-17H2,2H3. The summed E-state index contributed by atoms with van der Waals surface area (Å²) in [6.07, 6.45) is 23.4. The third-order valence-electron chi connectivity index (χ3n) is 2.98. The van der Waals surface area contributed by atoms with Gasteiger partial charge in [0.1, 0.15) is 0 Å². The fourth-order valence-electron chi connectivity index (χ4n) is 1.86. The van der Waals surface area contributed by atoms with Crippen molar-refractivity contribution < 1.29 is 0 Å². The highest BCUT2D eigenvalue weighted by molar-refractivity contribution is 5.02. The molecule has 0 amide bonds. The Bertz CT molecular complexity index is 176. The van der Waals surface area contributed by atoms with Crippen molar-refractivity contribution in [3.63, 3.8) is 0 Å². The van der Waals surface area contributed by atoms with E-state index in [4.69, 9.17) is 0 Å². The summed E-state index contributed by atoms with van der Waals surface area (Å²) in [5, 5.41) is 0. The van der Waals surface area contributed by atoms with E-state index in [-0.39, 0.29) is 0 Å². The molecule has 99 valence electrons. The van der Waals surface area contributed by atoms with Crippen molar-refractivity contribution in [3.8, 4) is 0 Å². The summed E-state index contributed by atoms with van der Waals surface area (Å²) in [6.45, 7) is 6.08. The fraction of sp³-hybridized carbons (Fsp3) is 0.706. The van der Waals surface area contributed by atoms with Gasteiger partial charge in [0.2, 0.25) is 0 Å². The Morgan fingerprint density at radius 2 is 1.24 bits per heavy atom. The molecule has 0 aromatic rings. The summed E-state index contributed by atoms with van der Waals surface area (Å²) in [5.41, 5.74) is 0. The monoisotopic (exact) mass is 235 g/mol. The first kappa shape index (κ1) is 16.5. The summed E-state index contributed by atoms with van der Waals surface area (Å²) in [5.74, 6) is 0. The van der Waals surface area contributed by atoms with Gasteiger partial charge < -0.3 is 0 Å². The summed E-state index contributed by atoms with van der Waals surface area (Å²) in [6, 6.07) is 0. The van der Waals surface area contributed by atoms with Crippen molar-refractivity contribution in [2.45, 2.75) is 77.6 Å². The zero-order valence-corrected chi connectivity index (χ0v) is 11.8. The highest BCUT2D eigenvalue weighted by Gasteiger charge is 1.89. The molecule has 0 bridgehead atoms. The van der Waals surface area contributed by atoms with E-state index in [1.165, 1.54) is 57.8 Å². The molecule has 0 aromatic heterocycles. The molecule has 0 saturated heterocycles. The molecular formula is C17H31. The smallest absolute Gasteiger partial charge is 0.0348 e. The third-order valence-corrected chi connectivity index (χ3v) is 2.98. The molecule has 0 nitrogen and oxygen atoms in total. The Kier molecular flexibility index (Phi) is 15.0. The number of allylic oxidation sites excluding steroid dienone is 4. The van der Waals surface area contributed by atoms with Gasteiger partial charge in [-0.25, -0.2) is 0 Å². The third kappa shape index (κ3) is 15.5. The molecule has 0 heterocycles. The highest BCUT2D eigenvalue weighted by Crippen LogP contribution is 2.09.